The van der Waals surface area contributed by atoms with Crippen molar-refractivity contribution in [3.63, 3.8) is 0 Å². The van der Waals surface area contributed by atoms with E-state index in [9.17, 15) is 10.1 Å². The summed E-state index contributed by atoms with van der Waals surface area (Å²) >= 11 is 5.92. The fraction of sp³-hybridized carbons (Fsp3) is 0.200. The van der Waals surface area contributed by atoms with Gasteiger partial charge in [-0.1, -0.05) is 23.7 Å². The zero-order chi connectivity index (χ0) is 15.4. The van der Waals surface area contributed by atoms with Gasteiger partial charge in [0, 0.05) is 11.1 Å². The molecule has 0 radical (unpaired) electrons. The first kappa shape index (κ1) is 15.1. The molecule has 21 heavy (non-hydrogen) atoms. The number of benzene rings is 2. The summed E-state index contributed by atoms with van der Waals surface area (Å²) in [7, 11) is 1.40. The standard InChI is InChI=1S/C15H14ClNO4/c1-10-3-5-12(16)8-15(10)21-9-11-4-6-14(20-2)13(7-11)17(18)19/h3-8H,9H2,1-2H3. The van der Waals surface area contributed by atoms with E-state index in [1.54, 1.807) is 24.3 Å². The highest BCUT2D eigenvalue weighted by Crippen LogP contribution is 2.29. The summed E-state index contributed by atoms with van der Waals surface area (Å²) < 4.78 is 10.6. The first-order chi connectivity index (χ1) is 10.0. The van der Waals surface area contributed by atoms with E-state index < -0.39 is 4.92 Å². The molecule has 6 heteroatoms. The molecule has 2 aromatic carbocycles. The summed E-state index contributed by atoms with van der Waals surface area (Å²) in [6.45, 7) is 2.12. The smallest absolute Gasteiger partial charge is 0.311 e. The molecular weight excluding hydrogens is 294 g/mol. The summed E-state index contributed by atoms with van der Waals surface area (Å²) in [5.74, 6) is 0.878. The second-order valence-electron chi connectivity index (χ2n) is 4.46. The predicted molar refractivity (Wildman–Crippen MR) is 80.2 cm³/mol. The SMILES string of the molecule is COc1ccc(COc2cc(Cl)ccc2C)cc1[N+](=O)[O-]. The molecule has 0 saturated heterocycles. The highest BCUT2D eigenvalue weighted by molar-refractivity contribution is 6.30. The van der Waals surface area contributed by atoms with Gasteiger partial charge < -0.3 is 9.47 Å². The van der Waals surface area contributed by atoms with Crippen molar-refractivity contribution in [2.45, 2.75) is 13.5 Å². The van der Waals surface area contributed by atoms with Crippen molar-refractivity contribution in [2.24, 2.45) is 0 Å². The lowest BCUT2D eigenvalue weighted by molar-refractivity contribution is -0.385. The Morgan fingerprint density at radius 3 is 2.62 bits per heavy atom. The van der Waals surface area contributed by atoms with Crippen molar-refractivity contribution in [3.05, 3.63) is 62.7 Å². The van der Waals surface area contributed by atoms with Crippen LogP contribution < -0.4 is 9.47 Å². The minimum Gasteiger partial charge on any atom is -0.490 e. The predicted octanol–water partition coefficient (Wildman–Crippen LogP) is 4.14. The van der Waals surface area contributed by atoms with Gasteiger partial charge in [0.15, 0.2) is 5.75 Å². The van der Waals surface area contributed by atoms with E-state index in [2.05, 4.69) is 0 Å². The Bertz CT molecular complexity index is 673. The quantitative estimate of drug-likeness (QED) is 0.615. The fourth-order valence-electron chi connectivity index (χ4n) is 1.86. The summed E-state index contributed by atoms with van der Waals surface area (Å²) in [5.41, 5.74) is 1.55. The van der Waals surface area contributed by atoms with Crippen LogP contribution in [0, 0.1) is 17.0 Å². The Morgan fingerprint density at radius 2 is 1.95 bits per heavy atom. The van der Waals surface area contributed by atoms with Crippen molar-refractivity contribution in [2.75, 3.05) is 7.11 Å². The molecule has 0 amide bonds. The number of methoxy groups -OCH3 is 1. The summed E-state index contributed by atoms with van der Waals surface area (Å²) in [5, 5.41) is 11.6. The molecule has 0 unspecified atom stereocenters. The van der Waals surface area contributed by atoms with E-state index in [1.165, 1.54) is 13.2 Å². The number of nitrogens with zero attached hydrogens (tertiary/aromatic N) is 1. The van der Waals surface area contributed by atoms with Crippen molar-refractivity contribution < 1.29 is 14.4 Å². The number of ether oxygens (including phenoxy) is 2. The van der Waals surface area contributed by atoms with Gasteiger partial charge in [0.05, 0.1) is 12.0 Å². The maximum absolute atomic E-state index is 11.0. The monoisotopic (exact) mass is 307 g/mol. The Labute approximate surface area is 127 Å². The highest BCUT2D eigenvalue weighted by Gasteiger charge is 2.15. The first-order valence-corrected chi connectivity index (χ1v) is 6.59. The zero-order valence-electron chi connectivity index (χ0n) is 11.6. The van der Waals surface area contributed by atoms with Gasteiger partial charge in [0.2, 0.25) is 0 Å². The number of hydrogen-bond donors (Lipinski definition) is 0. The summed E-state index contributed by atoms with van der Waals surface area (Å²) in [6, 6.07) is 10.1. The van der Waals surface area contributed by atoms with Gasteiger partial charge in [-0.3, -0.25) is 10.1 Å². The lowest BCUT2D eigenvalue weighted by Gasteiger charge is -2.10. The summed E-state index contributed by atoms with van der Waals surface area (Å²) in [6.07, 6.45) is 0. The Hall–Kier alpha value is -2.27. The average Bonchev–Trinajstić information content (AvgIpc) is 2.47. The highest BCUT2D eigenvalue weighted by atomic mass is 35.5. The van der Waals surface area contributed by atoms with Crippen LogP contribution in [-0.2, 0) is 6.61 Å². The average molecular weight is 308 g/mol. The number of rotatable bonds is 5. The molecule has 2 rings (SSSR count). The molecule has 2 aromatic rings. The van der Waals surface area contributed by atoms with Crippen molar-refractivity contribution >= 4 is 17.3 Å². The molecule has 0 spiro atoms. The number of aryl methyl sites for hydroxylation is 1. The molecule has 0 aliphatic heterocycles. The third-order valence-electron chi connectivity index (χ3n) is 2.98. The van der Waals surface area contributed by atoms with Crippen LogP contribution in [0.3, 0.4) is 0 Å². The van der Waals surface area contributed by atoms with Crippen LogP contribution in [0.2, 0.25) is 5.02 Å². The molecule has 0 heterocycles. The molecule has 110 valence electrons. The second kappa shape index (κ2) is 6.45. The van der Waals surface area contributed by atoms with Crippen LogP contribution in [0.4, 0.5) is 5.69 Å². The molecule has 0 bridgehead atoms. The summed E-state index contributed by atoms with van der Waals surface area (Å²) in [4.78, 5) is 10.5. The van der Waals surface area contributed by atoms with E-state index in [0.717, 1.165) is 5.56 Å². The number of nitro groups is 1. The maximum atomic E-state index is 11.0. The third-order valence-corrected chi connectivity index (χ3v) is 3.22. The van der Waals surface area contributed by atoms with E-state index in [1.807, 2.05) is 13.0 Å². The normalized spacial score (nSPS) is 10.2. The topological polar surface area (TPSA) is 61.6 Å². The van der Waals surface area contributed by atoms with E-state index in [4.69, 9.17) is 21.1 Å². The first-order valence-electron chi connectivity index (χ1n) is 6.21. The molecule has 0 saturated carbocycles. The molecule has 0 fully saturated rings. The molecular formula is C15H14ClNO4. The van der Waals surface area contributed by atoms with Gasteiger partial charge >= 0.3 is 5.69 Å². The van der Waals surface area contributed by atoms with Gasteiger partial charge in [0.25, 0.3) is 0 Å². The van der Waals surface area contributed by atoms with Gasteiger partial charge in [-0.05, 0) is 36.2 Å². The van der Waals surface area contributed by atoms with Gasteiger partial charge in [-0.15, -0.1) is 0 Å². The second-order valence-corrected chi connectivity index (χ2v) is 4.90. The maximum Gasteiger partial charge on any atom is 0.311 e. The lowest BCUT2D eigenvalue weighted by Crippen LogP contribution is -2.00. The fourth-order valence-corrected chi connectivity index (χ4v) is 2.02. The molecule has 5 nitrogen and oxygen atoms in total. The van der Waals surface area contributed by atoms with Crippen LogP contribution in [0.25, 0.3) is 0 Å². The van der Waals surface area contributed by atoms with Crippen molar-refractivity contribution in [1.82, 2.24) is 0 Å². The zero-order valence-corrected chi connectivity index (χ0v) is 12.4. The number of halogens is 1. The molecule has 0 aliphatic rings. The van der Waals surface area contributed by atoms with Crippen LogP contribution in [0.1, 0.15) is 11.1 Å². The minimum absolute atomic E-state index is 0.0820. The third kappa shape index (κ3) is 3.64. The lowest BCUT2D eigenvalue weighted by atomic mass is 10.2. The largest absolute Gasteiger partial charge is 0.490 e. The van der Waals surface area contributed by atoms with Crippen LogP contribution in [0.15, 0.2) is 36.4 Å². The number of hydrogen-bond acceptors (Lipinski definition) is 4. The van der Waals surface area contributed by atoms with E-state index in [-0.39, 0.29) is 18.0 Å². The Morgan fingerprint density at radius 1 is 1.19 bits per heavy atom. The molecule has 0 aromatic heterocycles. The van der Waals surface area contributed by atoms with E-state index in [0.29, 0.717) is 16.3 Å². The van der Waals surface area contributed by atoms with Gasteiger partial charge in [-0.25, -0.2) is 0 Å². The Balaban J connectivity index is 2.18. The van der Waals surface area contributed by atoms with Crippen LogP contribution >= 0.6 is 11.6 Å². The van der Waals surface area contributed by atoms with Crippen LogP contribution in [-0.4, -0.2) is 12.0 Å². The number of nitro benzene ring substituents is 1. The molecule has 0 N–H and O–H groups in total. The Kier molecular flexibility index (Phi) is 4.65. The van der Waals surface area contributed by atoms with Crippen LogP contribution in [0.5, 0.6) is 11.5 Å². The molecule has 0 aliphatic carbocycles. The minimum atomic E-state index is -0.479. The van der Waals surface area contributed by atoms with Gasteiger partial charge in [-0.2, -0.15) is 0 Å². The van der Waals surface area contributed by atoms with Gasteiger partial charge in [0.1, 0.15) is 12.4 Å². The van der Waals surface area contributed by atoms with Crippen molar-refractivity contribution in [3.8, 4) is 11.5 Å². The van der Waals surface area contributed by atoms with Crippen molar-refractivity contribution in [1.29, 1.82) is 0 Å². The molecule has 0 atom stereocenters. The van der Waals surface area contributed by atoms with E-state index >= 15 is 0 Å².